The van der Waals surface area contributed by atoms with Crippen molar-refractivity contribution in [3.05, 3.63) is 46.1 Å². The Morgan fingerprint density at radius 1 is 1.30 bits per heavy atom. The van der Waals surface area contributed by atoms with Crippen molar-refractivity contribution in [2.75, 3.05) is 6.61 Å². The average Bonchev–Trinajstić information content (AvgIpc) is 2.89. The minimum atomic E-state index is -0.124. The lowest BCUT2D eigenvalue weighted by molar-refractivity contribution is 0.0928. The summed E-state index contributed by atoms with van der Waals surface area (Å²) >= 11 is 0. The molecule has 0 fully saturated rings. The van der Waals surface area contributed by atoms with Crippen LogP contribution in [0.15, 0.2) is 29.1 Å². The van der Waals surface area contributed by atoms with Crippen LogP contribution in [0.1, 0.15) is 69.1 Å². The van der Waals surface area contributed by atoms with Crippen LogP contribution in [-0.2, 0) is 19.5 Å². The Morgan fingerprint density at radius 2 is 2.10 bits per heavy atom. The number of para-hydroxylation sites is 1. The van der Waals surface area contributed by atoms with E-state index in [1.165, 1.54) is 0 Å². The fourth-order valence-corrected chi connectivity index (χ4v) is 3.67. The van der Waals surface area contributed by atoms with Gasteiger partial charge in [-0.25, -0.2) is 9.48 Å². The molecule has 1 amide bonds. The molecule has 1 aliphatic rings. The molecule has 1 aliphatic heterocycles. The smallest absolute Gasteiger partial charge is 0.345 e. The number of hydrogen-bond acceptors (Lipinski definition) is 4. The number of ether oxygens (including phenoxy) is 1. The van der Waals surface area contributed by atoms with Crippen molar-refractivity contribution in [1.29, 1.82) is 0 Å². The standard InChI is InChI=1S/C23H34N4O3/c1-4-5-16-30-20-9-7-6-8-19(20)22(28)24-18-10-11-21-25-27(15-12-17(2)3)23(29)26(21)14-13-18/h6-9,17-18H,4-5,10-16H2,1-3H3,(H,24,28). The molecule has 0 aliphatic carbocycles. The minimum Gasteiger partial charge on any atom is -0.493 e. The SMILES string of the molecule is CCCCOc1ccccc1C(=O)NC1CCc2nn(CCC(C)C)c(=O)n2CC1. The molecule has 0 bridgehead atoms. The number of carbonyl (C=O) groups is 1. The molecule has 1 N–H and O–H groups in total. The minimum absolute atomic E-state index is 0.00594. The lowest BCUT2D eigenvalue weighted by atomic mass is 10.1. The average molecular weight is 415 g/mol. The van der Waals surface area contributed by atoms with Crippen molar-refractivity contribution in [3.8, 4) is 5.75 Å². The number of benzene rings is 1. The quantitative estimate of drug-likeness (QED) is 0.638. The van der Waals surface area contributed by atoms with Crippen molar-refractivity contribution in [3.63, 3.8) is 0 Å². The molecule has 30 heavy (non-hydrogen) atoms. The first-order chi connectivity index (χ1) is 14.5. The number of amides is 1. The van der Waals surface area contributed by atoms with Crippen molar-refractivity contribution in [1.82, 2.24) is 19.7 Å². The summed E-state index contributed by atoms with van der Waals surface area (Å²) in [6.45, 7) is 8.24. The van der Waals surface area contributed by atoms with Crippen LogP contribution in [0, 0.1) is 5.92 Å². The molecule has 1 unspecified atom stereocenters. The molecule has 3 rings (SSSR count). The lowest BCUT2D eigenvalue weighted by Gasteiger charge is -2.17. The van der Waals surface area contributed by atoms with Gasteiger partial charge in [0.1, 0.15) is 11.6 Å². The second-order valence-corrected chi connectivity index (χ2v) is 8.45. The summed E-state index contributed by atoms with van der Waals surface area (Å²) in [5, 5.41) is 7.68. The summed E-state index contributed by atoms with van der Waals surface area (Å²) < 4.78 is 9.17. The number of aromatic nitrogens is 3. The molecule has 0 spiro atoms. The van der Waals surface area contributed by atoms with Gasteiger partial charge in [-0.05, 0) is 43.7 Å². The maximum atomic E-state index is 12.9. The van der Waals surface area contributed by atoms with Crippen LogP contribution in [0.3, 0.4) is 0 Å². The van der Waals surface area contributed by atoms with Crippen molar-refractivity contribution >= 4 is 5.91 Å². The number of aryl methyl sites for hydroxylation is 2. The molecule has 0 saturated carbocycles. The maximum absolute atomic E-state index is 12.9. The molecule has 2 heterocycles. The van der Waals surface area contributed by atoms with Gasteiger partial charge in [-0.15, -0.1) is 0 Å². The topological polar surface area (TPSA) is 78.2 Å². The number of rotatable bonds is 9. The third-order valence-electron chi connectivity index (χ3n) is 5.56. The summed E-state index contributed by atoms with van der Waals surface area (Å²) in [6.07, 6.45) is 5.11. The Labute approximate surface area is 178 Å². The van der Waals surface area contributed by atoms with E-state index < -0.39 is 0 Å². The van der Waals surface area contributed by atoms with Crippen LogP contribution in [0.5, 0.6) is 5.75 Å². The van der Waals surface area contributed by atoms with Crippen LogP contribution in [0.2, 0.25) is 0 Å². The Hall–Kier alpha value is -2.57. The van der Waals surface area contributed by atoms with Crippen LogP contribution >= 0.6 is 0 Å². The number of nitrogens with one attached hydrogen (secondary N) is 1. The first kappa shape index (κ1) is 22.1. The van der Waals surface area contributed by atoms with E-state index in [0.717, 1.165) is 31.5 Å². The molecule has 1 aromatic heterocycles. The molecule has 164 valence electrons. The van der Waals surface area contributed by atoms with Crippen molar-refractivity contribution < 1.29 is 9.53 Å². The predicted octanol–water partition coefficient (Wildman–Crippen LogP) is 3.40. The van der Waals surface area contributed by atoms with E-state index in [1.807, 2.05) is 18.2 Å². The van der Waals surface area contributed by atoms with Gasteiger partial charge in [-0.2, -0.15) is 5.10 Å². The van der Waals surface area contributed by atoms with Gasteiger partial charge in [-0.1, -0.05) is 39.3 Å². The summed E-state index contributed by atoms with van der Waals surface area (Å²) in [7, 11) is 0. The van der Waals surface area contributed by atoms with Crippen LogP contribution < -0.4 is 15.7 Å². The van der Waals surface area contributed by atoms with Crippen molar-refractivity contribution in [2.45, 2.75) is 78.4 Å². The fraction of sp³-hybridized carbons (Fsp3) is 0.609. The highest BCUT2D eigenvalue weighted by Crippen LogP contribution is 2.20. The molecule has 7 nitrogen and oxygen atoms in total. The maximum Gasteiger partial charge on any atom is 0.345 e. The van der Waals surface area contributed by atoms with E-state index >= 15 is 0 Å². The number of nitrogens with zero attached hydrogens (tertiary/aromatic N) is 3. The lowest BCUT2D eigenvalue weighted by Crippen LogP contribution is -2.36. The monoisotopic (exact) mass is 414 g/mol. The van der Waals surface area contributed by atoms with E-state index in [1.54, 1.807) is 15.3 Å². The van der Waals surface area contributed by atoms with Gasteiger partial charge in [0, 0.05) is 25.6 Å². The van der Waals surface area contributed by atoms with Crippen molar-refractivity contribution in [2.24, 2.45) is 5.92 Å². The van der Waals surface area contributed by atoms with Crippen LogP contribution in [0.4, 0.5) is 0 Å². The largest absolute Gasteiger partial charge is 0.493 e. The predicted molar refractivity (Wildman–Crippen MR) is 117 cm³/mol. The number of carbonyl (C=O) groups excluding carboxylic acids is 1. The summed E-state index contributed by atoms with van der Waals surface area (Å²) in [5.41, 5.74) is 0.527. The van der Waals surface area contributed by atoms with E-state index in [0.29, 0.717) is 49.8 Å². The Bertz CT molecular complexity index is 900. The highest BCUT2D eigenvalue weighted by atomic mass is 16.5. The zero-order valence-corrected chi connectivity index (χ0v) is 18.4. The van der Waals surface area contributed by atoms with E-state index in [2.05, 4.69) is 31.2 Å². The van der Waals surface area contributed by atoms with E-state index in [-0.39, 0.29) is 17.6 Å². The molecule has 7 heteroatoms. The van der Waals surface area contributed by atoms with Gasteiger partial charge >= 0.3 is 5.69 Å². The van der Waals surface area contributed by atoms with Gasteiger partial charge in [-0.3, -0.25) is 9.36 Å². The van der Waals surface area contributed by atoms with Gasteiger partial charge in [0.2, 0.25) is 0 Å². The molecule has 1 atom stereocenters. The summed E-state index contributed by atoms with van der Waals surface area (Å²) in [5.74, 6) is 1.86. The Morgan fingerprint density at radius 3 is 2.87 bits per heavy atom. The molecule has 0 saturated heterocycles. The highest BCUT2D eigenvalue weighted by Gasteiger charge is 2.23. The van der Waals surface area contributed by atoms with Gasteiger partial charge in [0.15, 0.2) is 0 Å². The summed E-state index contributed by atoms with van der Waals surface area (Å²) in [4.78, 5) is 25.5. The molecular formula is C23H34N4O3. The molecular weight excluding hydrogens is 380 g/mol. The zero-order valence-electron chi connectivity index (χ0n) is 18.4. The van der Waals surface area contributed by atoms with Gasteiger partial charge < -0.3 is 10.1 Å². The number of hydrogen-bond donors (Lipinski definition) is 1. The van der Waals surface area contributed by atoms with Crippen LogP contribution in [0.25, 0.3) is 0 Å². The Kier molecular flexibility index (Phi) is 7.71. The Balaban J connectivity index is 1.62. The number of fused-ring (bicyclic) bond motifs is 1. The van der Waals surface area contributed by atoms with Gasteiger partial charge in [0.25, 0.3) is 5.91 Å². The highest BCUT2D eigenvalue weighted by molar-refractivity contribution is 5.97. The van der Waals surface area contributed by atoms with E-state index in [9.17, 15) is 9.59 Å². The first-order valence-electron chi connectivity index (χ1n) is 11.2. The second kappa shape index (κ2) is 10.5. The second-order valence-electron chi connectivity index (χ2n) is 8.45. The molecule has 2 aromatic rings. The normalized spacial score (nSPS) is 16.2. The third kappa shape index (κ3) is 5.52. The van der Waals surface area contributed by atoms with Gasteiger partial charge in [0.05, 0.1) is 12.2 Å². The number of unbranched alkanes of at least 4 members (excludes halogenated alkanes) is 1. The summed E-state index contributed by atoms with van der Waals surface area (Å²) in [6, 6.07) is 7.38. The molecule has 0 radical (unpaired) electrons. The van der Waals surface area contributed by atoms with Crippen LogP contribution in [-0.4, -0.2) is 32.9 Å². The third-order valence-corrected chi connectivity index (χ3v) is 5.56. The molecule has 1 aromatic carbocycles. The zero-order chi connectivity index (χ0) is 21.5. The van der Waals surface area contributed by atoms with E-state index in [4.69, 9.17) is 4.74 Å². The fourth-order valence-electron chi connectivity index (χ4n) is 3.67. The first-order valence-corrected chi connectivity index (χ1v) is 11.2.